The van der Waals surface area contributed by atoms with Gasteiger partial charge in [-0.25, -0.2) is 0 Å². The molecule has 0 spiro atoms. The second kappa shape index (κ2) is 15.1. The molecule has 0 aromatic rings. The molecular weight excluding hydrogens is 264 g/mol. The molecule has 6 nitrogen and oxygen atoms in total. The molecular formula is C12H22MgO6. The first-order valence-corrected chi connectivity index (χ1v) is 5.75. The van der Waals surface area contributed by atoms with E-state index in [9.17, 15) is 19.2 Å². The van der Waals surface area contributed by atoms with Crippen LogP contribution in [0.25, 0.3) is 0 Å². The Labute approximate surface area is 129 Å². The van der Waals surface area contributed by atoms with Crippen LogP contribution in [0.5, 0.6) is 0 Å². The Morgan fingerprint density at radius 2 is 1.00 bits per heavy atom. The first-order valence-electron chi connectivity index (χ1n) is 5.75. The molecule has 0 unspecified atom stereocenters. The summed E-state index contributed by atoms with van der Waals surface area (Å²) in [6, 6.07) is 0. The molecule has 19 heavy (non-hydrogen) atoms. The lowest BCUT2D eigenvalue weighted by atomic mass is 10.3. The molecule has 7 heteroatoms. The second-order valence-electron chi connectivity index (χ2n) is 3.43. The zero-order valence-corrected chi connectivity index (χ0v) is 11.3. The van der Waals surface area contributed by atoms with Crippen LogP contribution in [0.1, 0.15) is 53.4 Å². The van der Waals surface area contributed by atoms with E-state index >= 15 is 0 Å². The molecule has 0 radical (unpaired) electrons. The van der Waals surface area contributed by atoms with E-state index in [0.29, 0.717) is 25.7 Å². The van der Waals surface area contributed by atoms with E-state index in [1.54, 1.807) is 0 Å². The Bertz CT molecular complexity index is 271. The molecule has 0 atom stereocenters. The number of carbonyl (C=O) groups is 4. The van der Waals surface area contributed by atoms with Crippen molar-refractivity contribution >= 4 is 46.9 Å². The Balaban J connectivity index is -0.000000256. The van der Waals surface area contributed by atoms with Crippen molar-refractivity contribution in [2.75, 3.05) is 0 Å². The zero-order valence-electron chi connectivity index (χ0n) is 11.3. The molecule has 0 aliphatic heterocycles. The topological polar surface area (TPSA) is 86.7 Å². The molecule has 0 heterocycles. The minimum atomic E-state index is -0.534. The monoisotopic (exact) mass is 286 g/mol. The summed E-state index contributed by atoms with van der Waals surface area (Å²) in [6.45, 7) is 6.13. The molecule has 0 saturated heterocycles. The summed E-state index contributed by atoms with van der Waals surface area (Å²) in [4.78, 5) is 41.0. The van der Waals surface area contributed by atoms with Gasteiger partial charge in [-0.2, -0.15) is 0 Å². The molecule has 0 rings (SSSR count). The Kier molecular flexibility index (Phi) is 18.4. The standard InChI is InChI=1S/2C6H10O3.Mg.2H/c2*1-3-4-6(8)9-5(2)7;;;/h2*3-4H2,1-2H3;;;. The molecule has 0 aromatic heterocycles. The number of esters is 4. The lowest BCUT2D eigenvalue weighted by molar-refractivity contribution is -0.159. The highest BCUT2D eigenvalue weighted by Gasteiger charge is 2.02. The lowest BCUT2D eigenvalue weighted by Crippen LogP contribution is -2.07. The highest BCUT2D eigenvalue weighted by atomic mass is 24.3. The molecule has 0 fully saturated rings. The summed E-state index contributed by atoms with van der Waals surface area (Å²) >= 11 is 0. The Hall–Kier alpha value is -0.954. The van der Waals surface area contributed by atoms with Crippen LogP contribution in [-0.4, -0.2) is 46.9 Å². The third-order valence-electron chi connectivity index (χ3n) is 1.42. The van der Waals surface area contributed by atoms with Crippen LogP contribution < -0.4 is 0 Å². The van der Waals surface area contributed by atoms with Gasteiger partial charge in [-0.15, -0.1) is 0 Å². The Morgan fingerprint density at radius 3 is 1.16 bits per heavy atom. The maximum atomic E-state index is 10.4. The molecule has 0 N–H and O–H groups in total. The van der Waals surface area contributed by atoms with Crippen molar-refractivity contribution in [3.8, 4) is 0 Å². The average molecular weight is 287 g/mol. The maximum absolute atomic E-state index is 10.4. The van der Waals surface area contributed by atoms with Gasteiger partial charge in [-0.1, -0.05) is 13.8 Å². The third kappa shape index (κ3) is 22.7. The molecule has 0 bridgehead atoms. The van der Waals surface area contributed by atoms with Gasteiger partial charge in [0, 0.05) is 26.7 Å². The largest absolute Gasteiger partial charge is 0.393 e. The predicted octanol–water partition coefficient (Wildman–Crippen LogP) is 0.836. The second-order valence-corrected chi connectivity index (χ2v) is 3.43. The zero-order chi connectivity index (χ0) is 14.6. The summed E-state index contributed by atoms with van der Waals surface area (Å²) in [5.74, 6) is -1.95. The normalized spacial score (nSPS) is 8.21. The van der Waals surface area contributed by atoms with E-state index in [2.05, 4.69) is 9.47 Å². The van der Waals surface area contributed by atoms with Crippen molar-refractivity contribution in [3.05, 3.63) is 0 Å². The number of hydrogen-bond acceptors (Lipinski definition) is 6. The van der Waals surface area contributed by atoms with E-state index < -0.39 is 23.9 Å². The van der Waals surface area contributed by atoms with Gasteiger partial charge in [0.05, 0.1) is 0 Å². The molecule has 0 saturated carbocycles. The molecule has 0 aromatic carbocycles. The first-order chi connectivity index (χ1) is 8.33. The summed E-state index contributed by atoms with van der Waals surface area (Å²) in [5.41, 5.74) is 0. The van der Waals surface area contributed by atoms with Gasteiger partial charge in [-0.3, -0.25) is 19.2 Å². The van der Waals surface area contributed by atoms with Gasteiger partial charge in [0.15, 0.2) is 0 Å². The van der Waals surface area contributed by atoms with Crippen molar-refractivity contribution in [2.24, 2.45) is 0 Å². The molecule has 0 aliphatic carbocycles. The van der Waals surface area contributed by atoms with Gasteiger partial charge in [0.25, 0.3) is 0 Å². The quantitative estimate of drug-likeness (QED) is 0.432. The van der Waals surface area contributed by atoms with Crippen LogP contribution in [0, 0.1) is 0 Å². The van der Waals surface area contributed by atoms with Gasteiger partial charge in [0.2, 0.25) is 0 Å². The molecule has 0 amide bonds. The van der Waals surface area contributed by atoms with Crippen molar-refractivity contribution in [2.45, 2.75) is 53.4 Å². The number of carbonyl (C=O) groups excluding carboxylic acids is 4. The number of ether oxygens (including phenoxy) is 2. The summed E-state index contributed by atoms with van der Waals surface area (Å²) < 4.78 is 8.43. The van der Waals surface area contributed by atoms with Crippen molar-refractivity contribution in [1.82, 2.24) is 0 Å². The molecule has 0 aliphatic rings. The van der Waals surface area contributed by atoms with E-state index in [0.717, 1.165) is 0 Å². The SMILES string of the molecule is CCCC(=O)OC(C)=O.CCCC(=O)OC(C)=O.[MgH2]. The fourth-order valence-electron chi connectivity index (χ4n) is 0.831. The minimum absolute atomic E-state index is 0. The predicted molar refractivity (Wildman–Crippen MR) is 71.9 cm³/mol. The van der Waals surface area contributed by atoms with Crippen LogP contribution in [0.15, 0.2) is 0 Å². The van der Waals surface area contributed by atoms with Gasteiger partial charge in [0.1, 0.15) is 0 Å². The highest BCUT2D eigenvalue weighted by molar-refractivity contribution is 5.84. The number of hydrogen-bond donors (Lipinski definition) is 0. The third-order valence-corrected chi connectivity index (χ3v) is 1.42. The van der Waals surface area contributed by atoms with E-state index in [4.69, 9.17) is 0 Å². The lowest BCUT2D eigenvalue weighted by Gasteiger charge is -1.94. The van der Waals surface area contributed by atoms with E-state index in [1.165, 1.54) is 13.8 Å². The molecule has 108 valence electrons. The smallest absolute Gasteiger partial charge is 0.316 e. The fourth-order valence-corrected chi connectivity index (χ4v) is 0.831. The minimum Gasteiger partial charge on any atom is -0.393 e. The first kappa shape index (κ1) is 23.2. The van der Waals surface area contributed by atoms with Crippen LogP contribution in [0.2, 0.25) is 0 Å². The number of rotatable bonds is 4. The fraction of sp³-hybridized carbons (Fsp3) is 0.667. The summed E-state index contributed by atoms with van der Waals surface area (Å²) in [5, 5.41) is 0. The van der Waals surface area contributed by atoms with E-state index in [1.807, 2.05) is 13.8 Å². The summed E-state index contributed by atoms with van der Waals surface area (Å²) in [7, 11) is 0. The van der Waals surface area contributed by atoms with Crippen molar-refractivity contribution in [3.63, 3.8) is 0 Å². The summed E-state index contributed by atoms with van der Waals surface area (Å²) in [6.07, 6.45) is 2.07. The van der Waals surface area contributed by atoms with Crippen LogP contribution in [-0.2, 0) is 28.7 Å². The van der Waals surface area contributed by atoms with Gasteiger partial charge < -0.3 is 9.47 Å². The van der Waals surface area contributed by atoms with Crippen LogP contribution in [0.3, 0.4) is 0 Å². The Morgan fingerprint density at radius 1 is 0.737 bits per heavy atom. The van der Waals surface area contributed by atoms with Gasteiger partial charge in [-0.05, 0) is 12.8 Å². The highest BCUT2D eigenvalue weighted by Crippen LogP contribution is 1.91. The van der Waals surface area contributed by atoms with Gasteiger partial charge >= 0.3 is 46.9 Å². The van der Waals surface area contributed by atoms with Crippen LogP contribution in [0.4, 0.5) is 0 Å². The van der Waals surface area contributed by atoms with Crippen molar-refractivity contribution in [1.29, 1.82) is 0 Å². The van der Waals surface area contributed by atoms with E-state index in [-0.39, 0.29) is 23.1 Å². The average Bonchev–Trinajstić information content (AvgIpc) is 2.16. The van der Waals surface area contributed by atoms with Crippen molar-refractivity contribution < 1.29 is 28.7 Å². The maximum Gasteiger partial charge on any atom is 0.316 e. The van der Waals surface area contributed by atoms with Crippen LogP contribution >= 0.6 is 0 Å².